The molecule has 0 spiro atoms. The highest BCUT2D eigenvalue weighted by molar-refractivity contribution is 7.52. The van der Waals surface area contributed by atoms with Crippen LogP contribution in [-0.2, 0) is 9.36 Å². The standard InChI is InChI=1S/C9H12NO4P/c1-7-2-4-8(5-3-7)10-9(11)6-15(12,13)14/h2-5H,6H2,1H3,(H,10,11)(H2,12,13,14). The molecule has 0 atom stereocenters. The van der Waals surface area contributed by atoms with Crippen molar-refractivity contribution >= 4 is 19.2 Å². The Balaban J connectivity index is 2.59. The maximum absolute atomic E-state index is 11.1. The number of hydrogen-bond donors (Lipinski definition) is 3. The van der Waals surface area contributed by atoms with E-state index < -0.39 is 19.7 Å². The van der Waals surface area contributed by atoms with Crippen molar-refractivity contribution in [2.75, 3.05) is 11.5 Å². The molecule has 0 fully saturated rings. The first kappa shape index (κ1) is 11.9. The van der Waals surface area contributed by atoms with Crippen molar-refractivity contribution in [2.45, 2.75) is 6.92 Å². The first-order valence-corrected chi connectivity index (χ1v) is 6.08. The highest BCUT2D eigenvalue weighted by atomic mass is 31.2. The van der Waals surface area contributed by atoms with Gasteiger partial charge in [0, 0.05) is 5.69 Å². The summed E-state index contributed by atoms with van der Waals surface area (Å²) in [4.78, 5) is 28.2. The maximum atomic E-state index is 11.1. The Morgan fingerprint density at radius 1 is 1.33 bits per heavy atom. The van der Waals surface area contributed by atoms with E-state index in [0.717, 1.165) is 5.56 Å². The topological polar surface area (TPSA) is 86.6 Å². The Kier molecular flexibility index (Phi) is 3.63. The number of aryl methyl sites for hydroxylation is 1. The van der Waals surface area contributed by atoms with E-state index in [2.05, 4.69) is 5.32 Å². The van der Waals surface area contributed by atoms with Gasteiger partial charge in [0.1, 0.15) is 6.16 Å². The number of amides is 1. The smallest absolute Gasteiger partial charge is 0.326 e. The summed E-state index contributed by atoms with van der Waals surface area (Å²) in [6, 6.07) is 6.94. The number of anilines is 1. The second-order valence-electron chi connectivity index (χ2n) is 3.24. The van der Waals surface area contributed by atoms with E-state index in [1.807, 2.05) is 6.92 Å². The predicted molar refractivity (Wildman–Crippen MR) is 56.7 cm³/mol. The molecule has 3 N–H and O–H groups in total. The lowest BCUT2D eigenvalue weighted by atomic mass is 10.2. The fourth-order valence-electron chi connectivity index (χ4n) is 1.02. The zero-order valence-electron chi connectivity index (χ0n) is 8.17. The molecule has 0 heterocycles. The molecular weight excluding hydrogens is 217 g/mol. The molecule has 0 aliphatic rings. The van der Waals surface area contributed by atoms with Crippen LogP contribution >= 0.6 is 7.60 Å². The lowest BCUT2D eigenvalue weighted by molar-refractivity contribution is -0.114. The minimum Gasteiger partial charge on any atom is -0.326 e. The van der Waals surface area contributed by atoms with Gasteiger partial charge in [0.15, 0.2) is 0 Å². The number of carbonyl (C=O) groups excluding carboxylic acids is 1. The molecule has 1 aromatic rings. The average molecular weight is 229 g/mol. The lowest BCUT2D eigenvalue weighted by Crippen LogP contribution is -2.16. The van der Waals surface area contributed by atoms with Crippen LogP contribution in [-0.4, -0.2) is 21.9 Å². The molecule has 5 nitrogen and oxygen atoms in total. The molecule has 0 saturated heterocycles. The van der Waals surface area contributed by atoms with Crippen molar-refractivity contribution < 1.29 is 19.1 Å². The van der Waals surface area contributed by atoms with Gasteiger partial charge in [-0.3, -0.25) is 9.36 Å². The van der Waals surface area contributed by atoms with E-state index in [1.54, 1.807) is 24.3 Å². The van der Waals surface area contributed by atoms with Gasteiger partial charge >= 0.3 is 7.60 Å². The van der Waals surface area contributed by atoms with Gasteiger partial charge in [-0.2, -0.15) is 0 Å². The largest absolute Gasteiger partial charge is 0.334 e. The van der Waals surface area contributed by atoms with Crippen LogP contribution in [0.25, 0.3) is 0 Å². The molecule has 1 aromatic carbocycles. The molecular formula is C9H12NO4P. The summed E-state index contributed by atoms with van der Waals surface area (Å²) in [6.07, 6.45) is -0.791. The van der Waals surface area contributed by atoms with Crippen LogP contribution in [0.3, 0.4) is 0 Å². The zero-order valence-corrected chi connectivity index (χ0v) is 9.07. The zero-order chi connectivity index (χ0) is 11.5. The third-order valence-electron chi connectivity index (χ3n) is 1.68. The molecule has 0 aliphatic heterocycles. The number of hydrogen-bond acceptors (Lipinski definition) is 2. The van der Waals surface area contributed by atoms with Gasteiger partial charge in [-0.1, -0.05) is 17.7 Å². The van der Waals surface area contributed by atoms with E-state index in [1.165, 1.54) is 0 Å². The van der Waals surface area contributed by atoms with Crippen LogP contribution in [0.2, 0.25) is 0 Å². The summed E-state index contributed by atoms with van der Waals surface area (Å²) in [7, 11) is -4.28. The molecule has 0 aliphatic carbocycles. The second kappa shape index (κ2) is 4.57. The number of rotatable bonds is 3. The summed E-state index contributed by atoms with van der Waals surface area (Å²) >= 11 is 0. The Bertz CT molecular complexity index is 395. The van der Waals surface area contributed by atoms with Crippen LogP contribution in [0.1, 0.15) is 5.56 Å². The average Bonchev–Trinajstić information content (AvgIpc) is 2.05. The van der Waals surface area contributed by atoms with Crippen molar-refractivity contribution in [1.82, 2.24) is 0 Å². The van der Waals surface area contributed by atoms with Gasteiger partial charge in [-0.15, -0.1) is 0 Å². The van der Waals surface area contributed by atoms with Crippen LogP contribution in [0, 0.1) is 6.92 Å². The lowest BCUT2D eigenvalue weighted by Gasteiger charge is -2.06. The molecule has 0 aromatic heterocycles. The Morgan fingerprint density at radius 3 is 2.33 bits per heavy atom. The normalized spacial score (nSPS) is 11.1. The summed E-state index contributed by atoms with van der Waals surface area (Å²) in [6.45, 7) is 1.90. The third-order valence-corrected chi connectivity index (χ3v) is 2.38. The van der Waals surface area contributed by atoms with Crippen molar-refractivity contribution in [3.8, 4) is 0 Å². The second-order valence-corrected chi connectivity index (χ2v) is 4.88. The fraction of sp³-hybridized carbons (Fsp3) is 0.222. The third kappa shape index (κ3) is 4.74. The van der Waals surface area contributed by atoms with Crippen molar-refractivity contribution in [2.24, 2.45) is 0 Å². The molecule has 0 saturated carbocycles. The van der Waals surface area contributed by atoms with Crippen molar-refractivity contribution in [1.29, 1.82) is 0 Å². The van der Waals surface area contributed by atoms with E-state index in [9.17, 15) is 9.36 Å². The fourth-order valence-corrected chi connectivity index (χ4v) is 1.48. The van der Waals surface area contributed by atoms with E-state index >= 15 is 0 Å². The molecule has 1 rings (SSSR count). The van der Waals surface area contributed by atoms with E-state index in [0.29, 0.717) is 5.69 Å². The minimum atomic E-state index is -4.28. The van der Waals surface area contributed by atoms with Gasteiger partial charge < -0.3 is 15.1 Å². The highest BCUT2D eigenvalue weighted by Gasteiger charge is 2.18. The Hall–Kier alpha value is -1.16. The van der Waals surface area contributed by atoms with Gasteiger partial charge in [-0.25, -0.2) is 0 Å². The Labute approximate surface area is 87.3 Å². The quantitative estimate of drug-likeness (QED) is 0.677. The van der Waals surface area contributed by atoms with Crippen LogP contribution in [0.4, 0.5) is 5.69 Å². The van der Waals surface area contributed by atoms with Crippen molar-refractivity contribution in [3.05, 3.63) is 29.8 Å². The summed E-state index contributed by atoms with van der Waals surface area (Å²) in [5, 5.41) is 2.39. The van der Waals surface area contributed by atoms with Gasteiger partial charge in [-0.05, 0) is 19.1 Å². The van der Waals surface area contributed by atoms with Crippen LogP contribution < -0.4 is 5.32 Å². The molecule has 15 heavy (non-hydrogen) atoms. The van der Waals surface area contributed by atoms with Crippen LogP contribution in [0.5, 0.6) is 0 Å². The van der Waals surface area contributed by atoms with Gasteiger partial charge in [0.2, 0.25) is 5.91 Å². The minimum absolute atomic E-state index is 0.527. The first-order valence-electron chi connectivity index (χ1n) is 4.28. The van der Waals surface area contributed by atoms with Gasteiger partial charge in [0.05, 0.1) is 0 Å². The summed E-state index contributed by atoms with van der Waals surface area (Å²) < 4.78 is 10.5. The van der Waals surface area contributed by atoms with E-state index in [4.69, 9.17) is 9.79 Å². The number of carbonyl (C=O) groups is 1. The number of nitrogens with one attached hydrogen (secondary N) is 1. The predicted octanol–water partition coefficient (Wildman–Crippen LogP) is 1.11. The Morgan fingerprint density at radius 2 is 1.87 bits per heavy atom. The van der Waals surface area contributed by atoms with Gasteiger partial charge in [0.25, 0.3) is 0 Å². The summed E-state index contributed by atoms with van der Waals surface area (Å²) in [5.41, 5.74) is 1.57. The molecule has 0 unspecified atom stereocenters. The van der Waals surface area contributed by atoms with E-state index in [-0.39, 0.29) is 0 Å². The molecule has 6 heteroatoms. The summed E-state index contributed by atoms with van der Waals surface area (Å²) in [5.74, 6) is -0.688. The maximum Gasteiger partial charge on any atom is 0.334 e. The van der Waals surface area contributed by atoms with Crippen LogP contribution in [0.15, 0.2) is 24.3 Å². The molecule has 1 amide bonds. The number of benzene rings is 1. The first-order chi connectivity index (χ1) is 6.87. The van der Waals surface area contributed by atoms with Crippen molar-refractivity contribution in [3.63, 3.8) is 0 Å². The highest BCUT2D eigenvalue weighted by Crippen LogP contribution is 2.33. The molecule has 0 bridgehead atoms. The SMILES string of the molecule is Cc1ccc(NC(=O)CP(=O)(O)O)cc1. The monoisotopic (exact) mass is 229 g/mol. The molecule has 0 radical (unpaired) electrons. The molecule has 82 valence electrons.